The monoisotopic (exact) mass is 271 g/mol. The van der Waals surface area contributed by atoms with Gasteiger partial charge in [-0.15, -0.1) is 0 Å². The predicted octanol–water partition coefficient (Wildman–Crippen LogP) is 3.25. The molecule has 0 heterocycles. The topological polar surface area (TPSA) is 46.2 Å². The van der Waals surface area contributed by atoms with E-state index in [0.717, 1.165) is 34.8 Å². The number of aliphatic hydroxyl groups is 1. The van der Waals surface area contributed by atoms with Gasteiger partial charge in [0, 0.05) is 6.54 Å². The fourth-order valence-corrected chi connectivity index (χ4v) is 5.56. The van der Waals surface area contributed by atoms with Crippen LogP contribution in [0.1, 0.15) is 49.3 Å². The Kier molecular flexibility index (Phi) is 3.12. The molecule has 4 fully saturated rings. The van der Waals surface area contributed by atoms with Crippen molar-refractivity contribution in [1.82, 2.24) is 0 Å². The van der Waals surface area contributed by atoms with Crippen LogP contribution in [0.25, 0.3) is 0 Å². The van der Waals surface area contributed by atoms with E-state index in [0.29, 0.717) is 12.5 Å². The van der Waals surface area contributed by atoms with Crippen molar-refractivity contribution in [3.8, 4) is 0 Å². The zero-order valence-corrected chi connectivity index (χ0v) is 12.0. The van der Waals surface area contributed by atoms with Crippen molar-refractivity contribution < 1.29 is 5.11 Å². The average molecular weight is 271 g/mol. The Morgan fingerprint density at radius 3 is 2.00 bits per heavy atom. The maximum atomic E-state index is 10.9. The van der Waals surface area contributed by atoms with Gasteiger partial charge in [-0.05, 0) is 72.8 Å². The lowest BCUT2D eigenvalue weighted by molar-refractivity contribution is -0.0908. The van der Waals surface area contributed by atoms with Gasteiger partial charge in [-0.2, -0.15) is 0 Å². The fourth-order valence-electron chi connectivity index (χ4n) is 5.56. The Labute approximate surface area is 121 Å². The van der Waals surface area contributed by atoms with Crippen LogP contribution in [0.5, 0.6) is 0 Å². The molecule has 0 spiro atoms. The minimum Gasteiger partial charge on any atom is -0.388 e. The summed E-state index contributed by atoms with van der Waals surface area (Å²) >= 11 is 0. The van der Waals surface area contributed by atoms with E-state index in [9.17, 15) is 5.11 Å². The molecule has 1 unspecified atom stereocenters. The van der Waals surface area contributed by atoms with Crippen LogP contribution < -0.4 is 5.73 Å². The highest BCUT2D eigenvalue weighted by Gasteiger charge is 2.50. The third kappa shape index (κ3) is 2.01. The van der Waals surface area contributed by atoms with Gasteiger partial charge in [0.25, 0.3) is 0 Å². The van der Waals surface area contributed by atoms with Crippen molar-refractivity contribution in [1.29, 1.82) is 0 Å². The summed E-state index contributed by atoms with van der Waals surface area (Å²) in [6.07, 6.45) is 6.69. The van der Waals surface area contributed by atoms with E-state index >= 15 is 0 Å². The molecule has 1 aromatic rings. The highest BCUT2D eigenvalue weighted by molar-refractivity contribution is 5.25. The molecule has 1 aromatic carbocycles. The van der Waals surface area contributed by atoms with E-state index in [-0.39, 0.29) is 6.10 Å². The summed E-state index contributed by atoms with van der Waals surface area (Å²) in [5.74, 6) is 4.00. The highest BCUT2D eigenvalue weighted by Crippen LogP contribution is 2.59. The molecule has 4 aliphatic carbocycles. The maximum Gasteiger partial charge on any atom is 0.0823 e. The van der Waals surface area contributed by atoms with E-state index in [1.54, 1.807) is 0 Å². The lowest BCUT2D eigenvalue weighted by atomic mass is 9.50. The summed E-state index contributed by atoms with van der Waals surface area (Å²) < 4.78 is 0. The lowest BCUT2D eigenvalue weighted by Crippen LogP contribution is -2.47. The van der Waals surface area contributed by atoms with Crippen LogP contribution in [0.15, 0.2) is 24.3 Å². The molecular formula is C18H25NO. The quantitative estimate of drug-likeness (QED) is 0.886. The molecule has 2 nitrogen and oxygen atoms in total. The normalized spacial score (nSPS) is 40.0. The van der Waals surface area contributed by atoms with E-state index in [4.69, 9.17) is 5.73 Å². The number of aliphatic hydroxyl groups excluding tert-OH is 1. The van der Waals surface area contributed by atoms with Gasteiger partial charge in [0.15, 0.2) is 0 Å². The standard InChI is InChI=1S/C18H25NO/c19-10-11-1-3-14(4-2-11)18(20)17-15-6-12-5-13(8-15)9-16(17)7-12/h1-4,12-13,15-18,20H,5-10,19H2. The molecule has 0 radical (unpaired) electrons. The molecule has 5 rings (SSSR count). The molecule has 20 heavy (non-hydrogen) atoms. The number of rotatable bonds is 3. The number of hydrogen-bond acceptors (Lipinski definition) is 2. The molecule has 0 amide bonds. The second kappa shape index (κ2) is 4.85. The van der Waals surface area contributed by atoms with Crippen LogP contribution in [0, 0.1) is 29.6 Å². The van der Waals surface area contributed by atoms with Crippen molar-refractivity contribution in [2.24, 2.45) is 35.3 Å². The summed E-state index contributed by atoms with van der Waals surface area (Å²) in [6.45, 7) is 0.578. The van der Waals surface area contributed by atoms with E-state index < -0.39 is 0 Å². The minimum absolute atomic E-state index is 0.267. The highest BCUT2D eigenvalue weighted by atomic mass is 16.3. The maximum absolute atomic E-state index is 10.9. The molecule has 0 aliphatic heterocycles. The van der Waals surface area contributed by atoms with Gasteiger partial charge in [-0.25, -0.2) is 0 Å². The van der Waals surface area contributed by atoms with Crippen molar-refractivity contribution in [2.75, 3.05) is 0 Å². The first-order chi connectivity index (χ1) is 9.74. The van der Waals surface area contributed by atoms with Crippen LogP contribution in [0.4, 0.5) is 0 Å². The summed E-state index contributed by atoms with van der Waals surface area (Å²) in [5.41, 5.74) is 7.89. The molecule has 1 atom stereocenters. The minimum atomic E-state index is -0.267. The van der Waals surface area contributed by atoms with Crippen molar-refractivity contribution in [3.05, 3.63) is 35.4 Å². The molecule has 0 aromatic heterocycles. The van der Waals surface area contributed by atoms with Crippen LogP contribution in [0.2, 0.25) is 0 Å². The van der Waals surface area contributed by atoms with Gasteiger partial charge < -0.3 is 10.8 Å². The first-order valence-corrected chi connectivity index (χ1v) is 8.21. The van der Waals surface area contributed by atoms with Crippen LogP contribution >= 0.6 is 0 Å². The second-order valence-electron chi connectivity index (χ2n) is 7.40. The lowest BCUT2D eigenvalue weighted by Gasteiger charge is -2.55. The molecule has 3 N–H and O–H groups in total. The molecule has 4 aliphatic rings. The molecule has 4 saturated carbocycles. The molecule has 0 saturated heterocycles. The third-order valence-corrected chi connectivity index (χ3v) is 6.22. The predicted molar refractivity (Wildman–Crippen MR) is 79.8 cm³/mol. The molecule has 4 bridgehead atoms. The zero-order chi connectivity index (χ0) is 13.7. The fraction of sp³-hybridized carbons (Fsp3) is 0.667. The Bertz CT molecular complexity index is 453. The Morgan fingerprint density at radius 1 is 0.950 bits per heavy atom. The average Bonchev–Trinajstić information content (AvgIpc) is 2.46. The second-order valence-corrected chi connectivity index (χ2v) is 7.40. The largest absolute Gasteiger partial charge is 0.388 e. The van der Waals surface area contributed by atoms with Gasteiger partial charge in [0.1, 0.15) is 0 Å². The van der Waals surface area contributed by atoms with Crippen LogP contribution in [0.3, 0.4) is 0 Å². The van der Waals surface area contributed by atoms with E-state index in [1.807, 2.05) is 0 Å². The van der Waals surface area contributed by atoms with Gasteiger partial charge in [-0.3, -0.25) is 0 Å². The molecular weight excluding hydrogens is 246 g/mol. The first kappa shape index (κ1) is 12.8. The van der Waals surface area contributed by atoms with Crippen molar-refractivity contribution >= 4 is 0 Å². The zero-order valence-electron chi connectivity index (χ0n) is 12.0. The molecule has 108 valence electrons. The van der Waals surface area contributed by atoms with Crippen molar-refractivity contribution in [3.63, 3.8) is 0 Å². The Hall–Kier alpha value is -0.860. The summed E-state index contributed by atoms with van der Waals surface area (Å²) in [6, 6.07) is 8.29. The van der Waals surface area contributed by atoms with E-state index in [1.165, 1.54) is 32.1 Å². The summed E-state index contributed by atoms with van der Waals surface area (Å²) in [4.78, 5) is 0. The molecule has 2 heteroatoms. The first-order valence-electron chi connectivity index (χ1n) is 8.21. The smallest absolute Gasteiger partial charge is 0.0823 e. The van der Waals surface area contributed by atoms with Gasteiger partial charge in [0.05, 0.1) is 6.10 Å². The van der Waals surface area contributed by atoms with Gasteiger partial charge in [-0.1, -0.05) is 24.3 Å². The number of benzene rings is 1. The third-order valence-electron chi connectivity index (χ3n) is 6.22. The summed E-state index contributed by atoms with van der Waals surface area (Å²) in [7, 11) is 0. The van der Waals surface area contributed by atoms with Crippen LogP contribution in [-0.2, 0) is 6.54 Å². The van der Waals surface area contributed by atoms with E-state index in [2.05, 4.69) is 24.3 Å². The van der Waals surface area contributed by atoms with Crippen molar-refractivity contribution in [2.45, 2.75) is 44.8 Å². The Morgan fingerprint density at radius 2 is 1.50 bits per heavy atom. The number of hydrogen-bond donors (Lipinski definition) is 2. The summed E-state index contributed by atoms with van der Waals surface area (Å²) in [5, 5.41) is 10.9. The SMILES string of the molecule is NCc1ccc(C(O)C2C3CC4CC(C3)CC2C4)cc1. The number of nitrogens with two attached hydrogens (primary N) is 1. The van der Waals surface area contributed by atoms with Gasteiger partial charge >= 0.3 is 0 Å². The Balaban J connectivity index is 1.57. The van der Waals surface area contributed by atoms with Gasteiger partial charge in [0.2, 0.25) is 0 Å². The van der Waals surface area contributed by atoms with Crippen LogP contribution in [-0.4, -0.2) is 5.11 Å².